The van der Waals surface area contributed by atoms with Crippen molar-refractivity contribution in [2.24, 2.45) is 0 Å². The Bertz CT molecular complexity index is 447. The summed E-state index contributed by atoms with van der Waals surface area (Å²) in [6.07, 6.45) is 0. The van der Waals surface area contributed by atoms with Crippen LogP contribution >= 0.6 is 22.9 Å². The van der Waals surface area contributed by atoms with Crippen LogP contribution in [0.4, 0.5) is 0 Å². The van der Waals surface area contributed by atoms with E-state index in [-0.39, 0.29) is 0 Å². The van der Waals surface area contributed by atoms with Crippen LogP contribution in [0.2, 0.25) is 5.02 Å². The predicted molar refractivity (Wildman–Crippen MR) is 58.1 cm³/mol. The Balaban J connectivity index is 2.73. The summed E-state index contributed by atoms with van der Waals surface area (Å²) in [4.78, 5) is 1.16. The summed E-state index contributed by atoms with van der Waals surface area (Å²) in [6.45, 7) is 2.03. The number of ether oxygens (including phenoxy) is 1. The molecule has 0 N–H and O–H groups in total. The van der Waals surface area contributed by atoms with Gasteiger partial charge in [0, 0.05) is 15.0 Å². The molecule has 13 heavy (non-hydrogen) atoms. The summed E-state index contributed by atoms with van der Waals surface area (Å²) in [5.74, 6) is 0.880. The second kappa shape index (κ2) is 3.20. The van der Waals surface area contributed by atoms with Crippen LogP contribution in [-0.4, -0.2) is 7.11 Å². The molecule has 0 saturated carbocycles. The van der Waals surface area contributed by atoms with Crippen LogP contribution in [0.15, 0.2) is 18.2 Å². The zero-order chi connectivity index (χ0) is 9.42. The molecule has 0 radical (unpaired) electrons. The van der Waals surface area contributed by atoms with Gasteiger partial charge in [-0.25, -0.2) is 0 Å². The number of rotatable bonds is 1. The van der Waals surface area contributed by atoms with Crippen molar-refractivity contribution >= 4 is 33.0 Å². The van der Waals surface area contributed by atoms with Gasteiger partial charge in [0.2, 0.25) is 0 Å². The SMILES string of the molecule is COc1ccc2c(Cl)c(C)sc2c1. The molecule has 1 heterocycles. The van der Waals surface area contributed by atoms with E-state index in [1.165, 1.54) is 4.70 Å². The first-order chi connectivity index (χ1) is 6.22. The fourth-order valence-electron chi connectivity index (χ4n) is 1.29. The largest absolute Gasteiger partial charge is 0.497 e. The van der Waals surface area contributed by atoms with Crippen molar-refractivity contribution < 1.29 is 4.74 Å². The molecule has 0 amide bonds. The van der Waals surface area contributed by atoms with Crippen LogP contribution in [0.3, 0.4) is 0 Å². The molecule has 0 unspecified atom stereocenters. The first-order valence-corrected chi connectivity index (χ1v) is 5.14. The third kappa shape index (κ3) is 1.40. The molecule has 0 atom stereocenters. The average Bonchev–Trinajstić information content (AvgIpc) is 2.42. The summed E-state index contributed by atoms with van der Waals surface area (Å²) in [7, 11) is 1.67. The molecule has 0 aliphatic rings. The lowest BCUT2D eigenvalue weighted by Gasteiger charge is -1.97. The highest BCUT2D eigenvalue weighted by Gasteiger charge is 2.06. The number of hydrogen-bond donors (Lipinski definition) is 0. The van der Waals surface area contributed by atoms with Gasteiger partial charge in [-0.2, -0.15) is 0 Å². The molecule has 2 aromatic rings. The first kappa shape index (κ1) is 8.85. The van der Waals surface area contributed by atoms with Crippen molar-refractivity contribution in [3.63, 3.8) is 0 Å². The molecule has 0 spiro atoms. The monoisotopic (exact) mass is 212 g/mol. The third-order valence-corrected chi connectivity index (χ3v) is 3.66. The maximum Gasteiger partial charge on any atom is 0.120 e. The zero-order valence-corrected chi connectivity index (χ0v) is 9.00. The Labute approximate surface area is 85.9 Å². The summed E-state index contributed by atoms with van der Waals surface area (Å²) < 4.78 is 6.32. The lowest BCUT2D eigenvalue weighted by atomic mass is 10.2. The Hall–Kier alpha value is -0.730. The van der Waals surface area contributed by atoms with Crippen LogP contribution in [0.1, 0.15) is 4.88 Å². The molecule has 0 aliphatic heterocycles. The van der Waals surface area contributed by atoms with E-state index in [0.29, 0.717) is 0 Å². The highest BCUT2D eigenvalue weighted by molar-refractivity contribution is 7.19. The van der Waals surface area contributed by atoms with Gasteiger partial charge in [-0.1, -0.05) is 11.6 Å². The van der Waals surface area contributed by atoms with Gasteiger partial charge in [0.25, 0.3) is 0 Å². The Kier molecular flexibility index (Phi) is 2.18. The van der Waals surface area contributed by atoms with Gasteiger partial charge >= 0.3 is 0 Å². The second-order valence-corrected chi connectivity index (χ2v) is 4.47. The third-order valence-electron chi connectivity index (χ3n) is 2.00. The van der Waals surface area contributed by atoms with Crippen molar-refractivity contribution in [2.75, 3.05) is 7.11 Å². The first-order valence-electron chi connectivity index (χ1n) is 3.95. The van der Waals surface area contributed by atoms with E-state index in [2.05, 4.69) is 0 Å². The molecule has 0 aliphatic carbocycles. The molecule has 3 heteroatoms. The molecule has 0 fully saturated rings. The lowest BCUT2D eigenvalue weighted by Crippen LogP contribution is -1.79. The second-order valence-electron chi connectivity index (χ2n) is 2.83. The quantitative estimate of drug-likeness (QED) is 0.697. The predicted octanol–water partition coefficient (Wildman–Crippen LogP) is 3.87. The number of halogens is 1. The minimum atomic E-state index is 0.864. The molecular weight excluding hydrogens is 204 g/mol. The van der Waals surface area contributed by atoms with Gasteiger partial charge in [0.1, 0.15) is 5.75 Å². The number of thiophene rings is 1. The molecule has 1 aromatic heterocycles. The summed E-state index contributed by atoms with van der Waals surface area (Å²) in [6, 6.07) is 5.94. The van der Waals surface area contributed by atoms with Crippen LogP contribution < -0.4 is 4.74 Å². The average molecular weight is 213 g/mol. The number of hydrogen-bond acceptors (Lipinski definition) is 2. The van der Waals surface area contributed by atoms with E-state index in [4.69, 9.17) is 16.3 Å². The van der Waals surface area contributed by atoms with Crippen molar-refractivity contribution in [2.45, 2.75) is 6.92 Å². The zero-order valence-electron chi connectivity index (χ0n) is 7.43. The van der Waals surface area contributed by atoms with Gasteiger partial charge in [0.15, 0.2) is 0 Å². The van der Waals surface area contributed by atoms with Crippen LogP contribution in [-0.2, 0) is 0 Å². The number of methoxy groups -OCH3 is 1. The van der Waals surface area contributed by atoms with Crippen LogP contribution in [0.25, 0.3) is 10.1 Å². The van der Waals surface area contributed by atoms with Gasteiger partial charge < -0.3 is 4.74 Å². The van der Waals surface area contributed by atoms with E-state index in [1.807, 2.05) is 25.1 Å². The molecule has 0 saturated heterocycles. The van der Waals surface area contributed by atoms with Gasteiger partial charge in [-0.3, -0.25) is 0 Å². The molecule has 1 nitrogen and oxygen atoms in total. The summed E-state index contributed by atoms with van der Waals surface area (Å²) in [5, 5.41) is 1.98. The van der Waals surface area contributed by atoms with Gasteiger partial charge in [0.05, 0.1) is 12.1 Å². The lowest BCUT2D eigenvalue weighted by molar-refractivity contribution is 0.415. The minimum absolute atomic E-state index is 0.864. The normalized spacial score (nSPS) is 10.7. The van der Waals surface area contributed by atoms with Crippen LogP contribution in [0, 0.1) is 6.92 Å². The highest BCUT2D eigenvalue weighted by Crippen LogP contribution is 2.36. The smallest absolute Gasteiger partial charge is 0.120 e. The Morgan fingerprint density at radius 3 is 2.85 bits per heavy atom. The molecular formula is C10H9ClOS. The fourth-order valence-corrected chi connectivity index (χ4v) is 2.62. The van der Waals surface area contributed by atoms with E-state index in [1.54, 1.807) is 18.4 Å². The summed E-state index contributed by atoms with van der Waals surface area (Å²) >= 11 is 7.80. The van der Waals surface area contributed by atoms with Gasteiger partial charge in [-0.05, 0) is 25.1 Å². The maximum atomic E-state index is 6.11. The molecule has 0 bridgehead atoms. The summed E-state index contributed by atoms with van der Waals surface area (Å²) in [5.41, 5.74) is 0. The van der Waals surface area contributed by atoms with E-state index in [9.17, 15) is 0 Å². The Morgan fingerprint density at radius 2 is 2.15 bits per heavy atom. The van der Waals surface area contributed by atoms with E-state index < -0.39 is 0 Å². The van der Waals surface area contributed by atoms with Crippen LogP contribution in [0.5, 0.6) is 5.75 Å². The minimum Gasteiger partial charge on any atom is -0.497 e. The van der Waals surface area contributed by atoms with E-state index in [0.717, 1.165) is 21.0 Å². The maximum absolute atomic E-state index is 6.11. The number of fused-ring (bicyclic) bond motifs is 1. The van der Waals surface area contributed by atoms with Crippen molar-refractivity contribution in [3.05, 3.63) is 28.1 Å². The highest BCUT2D eigenvalue weighted by atomic mass is 35.5. The van der Waals surface area contributed by atoms with Crippen molar-refractivity contribution in [1.82, 2.24) is 0 Å². The van der Waals surface area contributed by atoms with E-state index >= 15 is 0 Å². The topological polar surface area (TPSA) is 9.23 Å². The number of benzene rings is 1. The molecule has 2 rings (SSSR count). The Morgan fingerprint density at radius 1 is 1.38 bits per heavy atom. The molecule has 1 aromatic carbocycles. The fraction of sp³-hybridized carbons (Fsp3) is 0.200. The standard InChI is InChI=1S/C10H9ClOS/c1-6-10(11)8-4-3-7(12-2)5-9(8)13-6/h3-5H,1-2H3. The number of aryl methyl sites for hydroxylation is 1. The van der Waals surface area contributed by atoms with Crippen molar-refractivity contribution in [1.29, 1.82) is 0 Å². The molecule has 68 valence electrons. The van der Waals surface area contributed by atoms with Gasteiger partial charge in [-0.15, -0.1) is 11.3 Å². The van der Waals surface area contributed by atoms with Crippen molar-refractivity contribution in [3.8, 4) is 5.75 Å².